The number of H-pyrrole nitrogens is 1. The van der Waals surface area contributed by atoms with Crippen molar-refractivity contribution in [3.63, 3.8) is 0 Å². The maximum atomic E-state index is 12.4. The van der Waals surface area contributed by atoms with Crippen LogP contribution in [0.1, 0.15) is 5.82 Å². The van der Waals surface area contributed by atoms with E-state index in [0.717, 1.165) is 0 Å². The molecule has 8 heteroatoms. The molecule has 1 N–H and O–H groups in total. The van der Waals surface area contributed by atoms with E-state index in [1.165, 1.54) is 0 Å². The minimum atomic E-state index is -0.126. The summed E-state index contributed by atoms with van der Waals surface area (Å²) in [7, 11) is 0. The summed E-state index contributed by atoms with van der Waals surface area (Å²) in [6.07, 6.45) is 0. The van der Waals surface area contributed by atoms with Crippen molar-refractivity contribution in [2.24, 2.45) is 0 Å². The van der Waals surface area contributed by atoms with E-state index in [0.29, 0.717) is 60.2 Å². The molecule has 1 amide bonds. The predicted octanol–water partition coefficient (Wildman–Crippen LogP) is 2.30. The topological polar surface area (TPSA) is 78.5 Å². The third kappa shape index (κ3) is 4.75. The Balaban J connectivity index is 1.29. The van der Waals surface area contributed by atoms with Crippen LogP contribution in [-0.4, -0.2) is 58.5 Å². The second-order valence-corrected chi connectivity index (χ2v) is 7.37. The second kappa shape index (κ2) is 8.63. The highest BCUT2D eigenvalue weighted by Gasteiger charge is 2.22. The van der Waals surface area contributed by atoms with Crippen LogP contribution in [0.15, 0.2) is 53.3 Å². The first-order chi connectivity index (χ1) is 14.1. The molecule has 0 atom stereocenters. The number of rotatable bonds is 5. The van der Waals surface area contributed by atoms with Gasteiger partial charge in [0.1, 0.15) is 11.6 Å². The molecule has 0 aliphatic carbocycles. The molecule has 0 saturated carbocycles. The van der Waals surface area contributed by atoms with Gasteiger partial charge in [0, 0.05) is 31.2 Å². The summed E-state index contributed by atoms with van der Waals surface area (Å²) < 4.78 is 5.54. The highest BCUT2D eigenvalue weighted by Crippen LogP contribution is 2.16. The highest BCUT2D eigenvalue weighted by molar-refractivity contribution is 6.30. The number of halogens is 1. The lowest BCUT2D eigenvalue weighted by molar-refractivity contribution is -0.135. The predicted molar refractivity (Wildman–Crippen MR) is 111 cm³/mol. The molecule has 2 heterocycles. The molecule has 29 heavy (non-hydrogen) atoms. The maximum absolute atomic E-state index is 12.4. The Bertz CT molecular complexity index is 1060. The van der Waals surface area contributed by atoms with Gasteiger partial charge in [0.15, 0.2) is 6.61 Å². The fourth-order valence-corrected chi connectivity index (χ4v) is 3.47. The number of carbonyl (C=O) groups is 1. The molecule has 1 aliphatic heterocycles. The van der Waals surface area contributed by atoms with Crippen molar-refractivity contribution < 1.29 is 9.53 Å². The molecule has 1 fully saturated rings. The van der Waals surface area contributed by atoms with Gasteiger partial charge in [-0.15, -0.1) is 0 Å². The smallest absolute Gasteiger partial charge is 0.260 e. The summed E-state index contributed by atoms with van der Waals surface area (Å²) >= 11 is 5.85. The number of aromatic amines is 1. The zero-order valence-electron chi connectivity index (χ0n) is 15.8. The summed E-state index contributed by atoms with van der Waals surface area (Å²) in [6, 6.07) is 14.2. The summed E-state index contributed by atoms with van der Waals surface area (Å²) in [5, 5.41) is 1.22. The average molecular weight is 413 g/mol. The number of nitrogens with one attached hydrogen (secondary N) is 1. The largest absolute Gasteiger partial charge is 0.484 e. The first-order valence-corrected chi connectivity index (χ1v) is 9.83. The number of hydrogen-bond acceptors (Lipinski definition) is 5. The zero-order valence-corrected chi connectivity index (χ0v) is 16.6. The minimum Gasteiger partial charge on any atom is -0.484 e. The van der Waals surface area contributed by atoms with E-state index in [-0.39, 0.29) is 18.1 Å². The standard InChI is InChI=1S/C21H21ClN4O3/c22-15-5-7-16(8-6-15)29-14-20(27)26-11-9-25(10-12-26)13-19-23-18-4-2-1-3-17(18)21(28)24-19/h1-8H,9-14H2,(H,23,24,28). The number of benzene rings is 2. The molecule has 0 unspecified atom stereocenters. The molecule has 4 rings (SSSR count). The number of nitrogens with zero attached hydrogens (tertiary/aromatic N) is 3. The van der Waals surface area contributed by atoms with E-state index >= 15 is 0 Å². The van der Waals surface area contributed by atoms with Gasteiger partial charge in [0.2, 0.25) is 0 Å². The van der Waals surface area contributed by atoms with Gasteiger partial charge in [-0.1, -0.05) is 23.7 Å². The van der Waals surface area contributed by atoms with Gasteiger partial charge in [0.25, 0.3) is 11.5 Å². The monoisotopic (exact) mass is 412 g/mol. The molecular formula is C21H21ClN4O3. The quantitative estimate of drug-likeness (QED) is 0.695. The number of aromatic nitrogens is 2. The number of fused-ring (bicyclic) bond motifs is 1. The van der Waals surface area contributed by atoms with Gasteiger partial charge in [-0.3, -0.25) is 14.5 Å². The van der Waals surface area contributed by atoms with Crippen LogP contribution in [0, 0.1) is 0 Å². The van der Waals surface area contributed by atoms with Crippen molar-refractivity contribution in [1.82, 2.24) is 19.8 Å². The van der Waals surface area contributed by atoms with E-state index in [4.69, 9.17) is 16.3 Å². The Morgan fingerprint density at radius 1 is 1.07 bits per heavy atom. The van der Waals surface area contributed by atoms with Crippen molar-refractivity contribution >= 4 is 28.4 Å². The lowest BCUT2D eigenvalue weighted by Crippen LogP contribution is -2.49. The van der Waals surface area contributed by atoms with Crippen LogP contribution in [0.3, 0.4) is 0 Å². The van der Waals surface area contributed by atoms with Gasteiger partial charge >= 0.3 is 0 Å². The SMILES string of the molecule is O=C(COc1ccc(Cl)cc1)N1CCN(Cc2nc3ccccc3c(=O)[nH]2)CC1. The van der Waals surface area contributed by atoms with E-state index in [1.54, 1.807) is 35.2 Å². The Morgan fingerprint density at radius 3 is 2.55 bits per heavy atom. The summed E-state index contributed by atoms with van der Waals surface area (Å²) in [4.78, 5) is 36.0. The molecule has 0 bridgehead atoms. The van der Waals surface area contributed by atoms with Crippen LogP contribution in [-0.2, 0) is 11.3 Å². The van der Waals surface area contributed by atoms with Gasteiger partial charge < -0.3 is 14.6 Å². The normalized spacial score (nSPS) is 14.9. The molecule has 150 valence electrons. The molecule has 1 aliphatic rings. The zero-order chi connectivity index (χ0) is 20.2. The van der Waals surface area contributed by atoms with Gasteiger partial charge in [-0.2, -0.15) is 0 Å². The molecule has 3 aromatic rings. The van der Waals surface area contributed by atoms with Crippen LogP contribution in [0.25, 0.3) is 10.9 Å². The first kappa shape index (κ1) is 19.4. The fourth-order valence-electron chi connectivity index (χ4n) is 3.34. The van der Waals surface area contributed by atoms with Crippen molar-refractivity contribution in [2.75, 3.05) is 32.8 Å². The Kier molecular flexibility index (Phi) is 5.78. The molecular weight excluding hydrogens is 392 g/mol. The minimum absolute atomic E-state index is 0.00117. The van der Waals surface area contributed by atoms with E-state index in [2.05, 4.69) is 14.9 Å². The van der Waals surface area contributed by atoms with E-state index in [1.807, 2.05) is 18.2 Å². The lowest BCUT2D eigenvalue weighted by Gasteiger charge is -2.34. The number of piperazine rings is 1. The Hall–Kier alpha value is -2.90. The van der Waals surface area contributed by atoms with Crippen molar-refractivity contribution in [3.05, 3.63) is 69.7 Å². The van der Waals surface area contributed by atoms with Gasteiger partial charge in [-0.25, -0.2) is 4.98 Å². The lowest BCUT2D eigenvalue weighted by atomic mass is 10.2. The van der Waals surface area contributed by atoms with Gasteiger partial charge in [-0.05, 0) is 36.4 Å². The third-order valence-corrected chi connectivity index (χ3v) is 5.19. The van der Waals surface area contributed by atoms with E-state index in [9.17, 15) is 9.59 Å². The maximum Gasteiger partial charge on any atom is 0.260 e. The molecule has 2 aromatic carbocycles. The molecule has 1 saturated heterocycles. The molecule has 1 aromatic heterocycles. The van der Waals surface area contributed by atoms with Crippen LogP contribution >= 0.6 is 11.6 Å². The molecule has 0 radical (unpaired) electrons. The summed E-state index contributed by atoms with van der Waals surface area (Å²) in [5.41, 5.74) is 0.568. The number of amides is 1. The molecule has 0 spiro atoms. The first-order valence-electron chi connectivity index (χ1n) is 9.45. The number of hydrogen-bond donors (Lipinski definition) is 1. The second-order valence-electron chi connectivity index (χ2n) is 6.93. The number of para-hydroxylation sites is 1. The van der Waals surface area contributed by atoms with E-state index < -0.39 is 0 Å². The Morgan fingerprint density at radius 2 is 1.79 bits per heavy atom. The van der Waals surface area contributed by atoms with Crippen molar-refractivity contribution in [2.45, 2.75) is 6.54 Å². The number of carbonyl (C=O) groups excluding carboxylic acids is 1. The fraction of sp³-hybridized carbons (Fsp3) is 0.286. The Labute approximate surface area is 172 Å². The van der Waals surface area contributed by atoms with Crippen LogP contribution in [0.4, 0.5) is 0 Å². The van der Waals surface area contributed by atoms with Crippen LogP contribution < -0.4 is 10.3 Å². The van der Waals surface area contributed by atoms with Crippen molar-refractivity contribution in [1.29, 1.82) is 0 Å². The van der Waals surface area contributed by atoms with Crippen molar-refractivity contribution in [3.8, 4) is 5.75 Å². The summed E-state index contributed by atoms with van der Waals surface area (Å²) in [5.74, 6) is 1.21. The average Bonchev–Trinajstić information content (AvgIpc) is 2.74. The summed E-state index contributed by atoms with van der Waals surface area (Å²) in [6.45, 7) is 3.19. The number of ether oxygens (including phenoxy) is 1. The van der Waals surface area contributed by atoms with Gasteiger partial charge in [0.05, 0.1) is 17.4 Å². The highest BCUT2D eigenvalue weighted by atomic mass is 35.5. The molecule has 7 nitrogen and oxygen atoms in total. The van der Waals surface area contributed by atoms with Crippen LogP contribution in [0.5, 0.6) is 5.75 Å². The third-order valence-electron chi connectivity index (χ3n) is 4.94. The van der Waals surface area contributed by atoms with Crippen LogP contribution in [0.2, 0.25) is 5.02 Å².